The van der Waals surface area contributed by atoms with Crippen LogP contribution in [0.2, 0.25) is 0 Å². The van der Waals surface area contributed by atoms with Crippen LogP contribution in [0.15, 0.2) is 24.3 Å². The van der Waals surface area contributed by atoms with Crippen LogP contribution in [0.25, 0.3) is 0 Å². The minimum Gasteiger partial charge on any atom is -0.317 e. The van der Waals surface area contributed by atoms with Gasteiger partial charge in [0.2, 0.25) is 0 Å². The van der Waals surface area contributed by atoms with Gasteiger partial charge in [-0.1, -0.05) is 29.8 Å². The lowest BCUT2D eigenvalue weighted by atomic mass is 9.86. The Kier molecular flexibility index (Phi) is 5.41. The Morgan fingerprint density at radius 2 is 1.74 bits per heavy atom. The lowest BCUT2D eigenvalue weighted by Gasteiger charge is -2.31. The van der Waals surface area contributed by atoms with E-state index in [0.717, 1.165) is 18.5 Å². The van der Waals surface area contributed by atoms with Gasteiger partial charge in [0.05, 0.1) is 0 Å². The van der Waals surface area contributed by atoms with Gasteiger partial charge in [0.15, 0.2) is 0 Å². The maximum atomic E-state index is 3.41. The molecule has 1 aromatic carbocycles. The molecule has 0 aliphatic heterocycles. The van der Waals surface area contributed by atoms with E-state index in [4.69, 9.17) is 0 Å². The molecular weight excluding hydrogens is 232 g/mol. The van der Waals surface area contributed by atoms with Gasteiger partial charge in [-0.25, -0.2) is 0 Å². The van der Waals surface area contributed by atoms with Crippen molar-refractivity contribution < 1.29 is 0 Å². The zero-order valence-corrected chi connectivity index (χ0v) is 12.7. The molecule has 1 N–H and O–H groups in total. The van der Waals surface area contributed by atoms with E-state index < -0.39 is 0 Å². The third-order valence-corrected chi connectivity index (χ3v) is 4.40. The summed E-state index contributed by atoms with van der Waals surface area (Å²) in [6.45, 7) is 4.46. The maximum absolute atomic E-state index is 3.41. The van der Waals surface area contributed by atoms with E-state index in [2.05, 4.69) is 55.5 Å². The van der Waals surface area contributed by atoms with Crippen LogP contribution >= 0.6 is 0 Å². The Labute approximate surface area is 118 Å². The molecule has 0 spiro atoms. The smallest absolute Gasteiger partial charge is 0.0230 e. The molecule has 0 saturated heterocycles. The molecule has 0 heterocycles. The lowest BCUT2D eigenvalue weighted by Crippen LogP contribution is -2.34. The first kappa shape index (κ1) is 14.5. The highest BCUT2D eigenvalue weighted by Crippen LogP contribution is 2.25. The summed E-state index contributed by atoms with van der Waals surface area (Å²) in [4.78, 5) is 2.48. The minimum absolute atomic E-state index is 0.763. The third kappa shape index (κ3) is 4.63. The first-order valence-corrected chi connectivity index (χ1v) is 7.58. The third-order valence-electron chi connectivity index (χ3n) is 4.40. The summed E-state index contributed by atoms with van der Waals surface area (Å²) >= 11 is 0. The van der Waals surface area contributed by atoms with E-state index in [0.29, 0.717) is 0 Å². The highest BCUT2D eigenvalue weighted by molar-refractivity contribution is 5.21. The number of hydrogen-bond donors (Lipinski definition) is 1. The molecule has 2 nitrogen and oxygen atoms in total. The minimum atomic E-state index is 0.763. The molecule has 0 radical (unpaired) electrons. The average Bonchev–Trinajstić information content (AvgIpc) is 2.42. The summed E-state index contributed by atoms with van der Waals surface area (Å²) in [6, 6.07) is 9.69. The van der Waals surface area contributed by atoms with Gasteiger partial charge in [-0.05, 0) is 58.2 Å². The number of rotatable bonds is 5. The van der Waals surface area contributed by atoms with E-state index in [1.165, 1.54) is 43.4 Å². The largest absolute Gasteiger partial charge is 0.317 e. The first-order valence-electron chi connectivity index (χ1n) is 7.58. The molecule has 0 bridgehead atoms. The molecule has 19 heavy (non-hydrogen) atoms. The molecule has 2 heteroatoms. The Balaban J connectivity index is 1.75. The summed E-state index contributed by atoms with van der Waals surface area (Å²) in [6.07, 6.45) is 5.45. The number of nitrogens with zero attached hydrogens (tertiary/aromatic N) is 1. The molecule has 1 saturated carbocycles. The standard InChI is InChI=1S/C17H28N2/c1-14-4-6-15(7-5-14)12-19(3)13-16-8-10-17(18-2)11-9-16/h4-7,16-18H,8-13H2,1-3H3. The van der Waals surface area contributed by atoms with Gasteiger partial charge in [-0.15, -0.1) is 0 Å². The van der Waals surface area contributed by atoms with Crippen molar-refractivity contribution >= 4 is 0 Å². The van der Waals surface area contributed by atoms with Crippen molar-refractivity contribution in [2.75, 3.05) is 20.6 Å². The van der Waals surface area contributed by atoms with Crippen LogP contribution in [0, 0.1) is 12.8 Å². The number of aryl methyl sites for hydroxylation is 1. The second kappa shape index (κ2) is 7.06. The molecule has 106 valence electrons. The van der Waals surface area contributed by atoms with Gasteiger partial charge in [0.1, 0.15) is 0 Å². The Morgan fingerprint density at radius 3 is 2.32 bits per heavy atom. The van der Waals surface area contributed by atoms with Crippen LogP contribution in [-0.2, 0) is 6.54 Å². The van der Waals surface area contributed by atoms with Crippen molar-refractivity contribution in [2.24, 2.45) is 5.92 Å². The topological polar surface area (TPSA) is 15.3 Å². The average molecular weight is 260 g/mol. The summed E-state index contributed by atoms with van der Waals surface area (Å²) in [7, 11) is 4.35. The van der Waals surface area contributed by atoms with Crippen molar-refractivity contribution in [3.05, 3.63) is 35.4 Å². The van der Waals surface area contributed by atoms with Gasteiger partial charge >= 0.3 is 0 Å². The Bertz CT molecular complexity index is 363. The van der Waals surface area contributed by atoms with Crippen LogP contribution < -0.4 is 5.32 Å². The molecule has 0 amide bonds. The fourth-order valence-electron chi connectivity index (χ4n) is 3.14. The van der Waals surface area contributed by atoms with E-state index in [-0.39, 0.29) is 0 Å². The van der Waals surface area contributed by atoms with Crippen molar-refractivity contribution in [3.8, 4) is 0 Å². The molecule has 1 aliphatic carbocycles. The summed E-state index contributed by atoms with van der Waals surface area (Å²) in [5.41, 5.74) is 2.77. The van der Waals surface area contributed by atoms with E-state index in [1.807, 2.05) is 0 Å². The van der Waals surface area contributed by atoms with Crippen LogP contribution in [-0.4, -0.2) is 31.6 Å². The lowest BCUT2D eigenvalue weighted by molar-refractivity contribution is 0.211. The second-order valence-electron chi connectivity index (χ2n) is 6.19. The van der Waals surface area contributed by atoms with Crippen molar-refractivity contribution in [3.63, 3.8) is 0 Å². The number of nitrogens with one attached hydrogen (secondary N) is 1. The molecule has 0 atom stereocenters. The van der Waals surface area contributed by atoms with Crippen LogP contribution in [0.5, 0.6) is 0 Å². The van der Waals surface area contributed by atoms with Gasteiger partial charge in [0.25, 0.3) is 0 Å². The maximum Gasteiger partial charge on any atom is 0.0230 e. The van der Waals surface area contributed by atoms with Gasteiger partial charge in [-0.3, -0.25) is 0 Å². The zero-order chi connectivity index (χ0) is 13.7. The molecule has 0 aromatic heterocycles. The molecular formula is C17H28N2. The number of benzene rings is 1. The first-order chi connectivity index (χ1) is 9.17. The zero-order valence-electron chi connectivity index (χ0n) is 12.7. The fraction of sp³-hybridized carbons (Fsp3) is 0.647. The normalized spacial score (nSPS) is 23.8. The summed E-state index contributed by atoms with van der Waals surface area (Å²) in [5.74, 6) is 0.889. The van der Waals surface area contributed by atoms with E-state index in [1.54, 1.807) is 0 Å². The Morgan fingerprint density at radius 1 is 1.11 bits per heavy atom. The Hall–Kier alpha value is -0.860. The highest BCUT2D eigenvalue weighted by atomic mass is 15.1. The summed E-state index contributed by atoms with van der Waals surface area (Å²) < 4.78 is 0. The van der Waals surface area contributed by atoms with Gasteiger partial charge in [0, 0.05) is 19.1 Å². The van der Waals surface area contributed by atoms with Crippen molar-refractivity contribution in [2.45, 2.75) is 45.2 Å². The van der Waals surface area contributed by atoms with Crippen molar-refractivity contribution in [1.29, 1.82) is 0 Å². The van der Waals surface area contributed by atoms with E-state index >= 15 is 0 Å². The SMILES string of the molecule is CNC1CCC(CN(C)Cc2ccc(C)cc2)CC1. The van der Waals surface area contributed by atoms with Crippen LogP contribution in [0.3, 0.4) is 0 Å². The molecule has 0 unspecified atom stereocenters. The predicted octanol–water partition coefficient (Wildman–Crippen LogP) is 3.21. The molecule has 1 aliphatic rings. The highest BCUT2D eigenvalue weighted by Gasteiger charge is 2.20. The molecule has 1 fully saturated rings. The number of hydrogen-bond acceptors (Lipinski definition) is 2. The predicted molar refractivity (Wildman–Crippen MR) is 82.3 cm³/mol. The van der Waals surface area contributed by atoms with Gasteiger partial charge < -0.3 is 10.2 Å². The van der Waals surface area contributed by atoms with Crippen LogP contribution in [0.1, 0.15) is 36.8 Å². The quantitative estimate of drug-likeness (QED) is 0.874. The van der Waals surface area contributed by atoms with E-state index in [9.17, 15) is 0 Å². The van der Waals surface area contributed by atoms with Crippen molar-refractivity contribution in [1.82, 2.24) is 10.2 Å². The van der Waals surface area contributed by atoms with Gasteiger partial charge in [-0.2, -0.15) is 0 Å². The fourth-order valence-corrected chi connectivity index (χ4v) is 3.14. The molecule has 2 rings (SSSR count). The second-order valence-corrected chi connectivity index (χ2v) is 6.19. The summed E-state index contributed by atoms with van der Waals surface area (Å²) in [5, 5.41) is 3.41. The van der Waals surface area contributed by atoms with Crippen LogP contribution in [0.4, 0.5) is 0 Å². The molecule has 1 aromatic rings. The monoisotopic (exact) mass is 260 g/mol.